The van der Waals surface area contributed by atoms with Gasteiger partial charge in [-0.3, -0.25) is 9.59 Å². The molecule has 3 rings (SSSR count). The van der Waals surface area contributed by atoms with E-state index >= 15 is 0 Å². The molecule has 0 radical (unpaired) electrons. The van der Waals surface area contributed by atoms with Crippen molar-refractivity contribution in [1.29, 1.82) is 0 Å². The van der Waals surface area contributed by atoms with Crippen molar-refractivity contribution in [3.63, 3.8) is 0 Å². The predicted molar refractivity (Wildman–Crippen MR) is 128 cm³/mol. The number of rotatable bonds is 10. The summed E-state index contributed by atoms with van der Waals surface area (Å²) in [5, 5.41) is 13.1. The average molecular weight is 484 g/mol. The van der Waals surface area contributed by atoms with Crippen molar-refractivity contribution in [2.24, 2.45) is 5.10 Å². The zero-order valence-electron chi connectivity index (χ0n) is 19.3. The minimum absolute atomic E-state index is 0.118. The highest BCUT2D eigenvalue weighted by molar-refractivity contribution is 7.99. The van der Waals surface area contributed by atoms with Crippen molar-refractivity contribution in [2.75, 3.05) is 20.0 Å². The molecule has 0 saturated heterocycles. The fourth-order valence-corrected chi connectivity index (χ4v) is 3.77. The number of carbonyl (C=O) groups excluding carboxylic acids is 2. The lowest BCUT2D eigenvalue weighted by atomic mass is 10.2. The van der Waals surface area contributed by atoms with E-state index in [2.05, 4.69) is 20.7 Å². The summed E-state index contributed by atoms with van der Waals surface area (Å²) in [4.78, 5) is 23.4. The quantitative estimate of drug-likeness (QED) is 0.154. The Morgan fingerprint density at radius 2 is 1.85 bits per heavy atom. The fourth-order valence-electron chi connectivity index (χ4n) is 2.98. The molecule has 0 atom stereocenters. The molecule has 0 saturated carbocycles. The number of methoxy groups -OCH3 is 2. The van der Waals surface area contributed by atoms with Crippen LogP contribution >= 0.6 is 11.8 Å². The number of hydrogen-bond acceptors (Lipinski definition) is 9. The maximum absolute atomic E-state index is 12.3. The molecule has 0 spiro atoms. The maximum Gasteiger partial charge on any atom is 0.308 e. The van der Waals surface area contributed by atoms with Crippen molar-refractivity contribution in [2.45, 2.75) is 25.5 Å². The number of hydrazone groups is 1. The number of nitrogens with one attached hydrogen (secondary N) is 1. The van der Waals surface area contributed by atoms with Gasteiger partial charge in [0.15, 0.2) is 22.5 Å². The Bertz CT molecular complexity index is 1180. The fraction of sp³-hybridized carbons (Fsp3) is 0.261. The van der Waals surface area contributed by atoms with E-state index in [1.54, 1.807) is 25.3 Å². The third-order valence-corrected chi connectivity index (χ3v) is 5.52. The van der Waals surface area contributed by atoms with Crippen molar-refractivity contribution < 1.29 is 23.8 Å². The van der Waals surface area contributed by atoms with E-state index in [1.165, 1.54) is 32.0 Å². The van der Waals surface area contributed by atoms with Crippen molar-refractivity contribution in [3.8, 4) is 28.6 Å². The SMILES string of the molecule is CCn1c(SCC(=O)NN=Cc2ccc(OC(C)=O)c(OC)c2)nnc1-c1ccc(OC)cc1. The Hall–Kier alpha value is -3.86. The topological polar surface area (TPSA) is 117 Å². The zero-order valence-corrected chi connectivity index (χ0v) is 20.1. The number of amides is 1. The minimum atomic E-state index is -0.445. The van der Waals surface area contributed by atoms with E-state index in [1.807, 2.05) is 35.8 Å². The Kier molecular flexibility index (Phi) is 8.63. The summed E-state index contributed by atoms with van der Waals surface area (Å²) < 4.78 is 17.4. The first-order valence-electron chi connectivity index (χ1n) is 10.3. The van der Waals surface area contributed by atoms with Gasteiger partial charge >= 0.3 is 5.97 Å². The van der Waals surface area contributed by atoms with Crippen molar-refractivity contribution in [3.05, 3.63) is 48.0 Å². The Morgan fingerprint density at radius 1 is 1.09 bits per heavy atom. The highest BCUT2D eigenvalue weighted by atomic mass is 32.2. The highest BCUT2D eigenvalue weighted by Gasteiger charge is 2.14. The smallest absolute Gasteiger partial charge is 0.308 e. The van der Waals surface area contributed by atoms with Gasteiger partial charge in [-0.05, 0) is 55.0 Å². The monoisotopic (exact) mass is 483 g/mol. The largest absolute Gasteiger partial charge is 0.497 e. The third kappa shape index (κ3) is 6.35. The Balaban J connectivity index is 1.58. The van der Waals surface area contributed by atoms with Gasteiger partial charge in [-0.2, -0.15) is 5.10 Å². The lowest BCUT2D eigenvalue weighted by molar-refractivity contribution is -0.132. The lowest BCUT2D eigenvalue weighted by Crippen LogP contribution is -2.20. The molecule has 0 aliphatic heterocycles. The standard InChI is InChI=1S/C23H25N5O5S/c1-5-28-22(17-7-9-18(31-3)10-8-17)26-27-23(28)34-14-21(30)25-24-13-16-6-11-19(33-15(2)29)20(12-16)32-4/h6-13H,5,14H2,1-4H3,(H,25,30). The molecular weight excluding hydrogens is 458 g/mol. The van der Waals surface area contributed by atoms with E-state index in [0.29, 0.717) is 28.8 Å². The van der Waals surface area contributed by atoms with Crippen LogP contribution < -0.4 is 19.6 Å². The van der Waals surface area contributed by atoms with Crippen LogP contribution in [0.5, 0.6) is 17.2 Å². The van der Waals surface area contributed by atoms with Crippen LogP contribution in [0, 0.1) is 0 Å². The minimum Gasteiger partial charge on any atom is -0.497 e. The second kappa shape index (κ2) is 11.8. The molecule has 0 fully saturated rings. The molecule has 1 N–H and O–H groups in total. The summed E-state index contributed by atoms with van der Waals surface area (Å²) in [6.45, 7) is 3.96. The number of aromatic nitrogens is 3. The van der Waals surface area contributed by atoms with Gasteiger partial charge in [0.2, 0.25) is 0 Å². The van der Waals surface area contributed by atoms with Crippen LogP contribution in [-0.2, 0) is 16.1 Å². The number of esters is 1. The molecule has 2 aromatic carbocycles. The molecule has 11 heteroatoms. The molecule has 3 aromatic rings. The van der Waals surface area contributed by atoms with Gasteiger partial charge in [-0.15, -0.1) is 10.2 Å². The summed E-state index contributed by atoms with van der Waals surface area (Å²) in [7, 11) is 3.09. The number of ether oxygens (including phenoxy) is 3. The van der Waals surface area contributed by atoms with Gasteiger partial charge in [0.05, 0.1) is 26.2 Å². The number of benzene rings is 2. The van der Waals surface area contributed by atoms with Gasteiger partial charge in [0, 0.05) is 19.0 Å². The molecule has 0 unspecified atom stereocenters. The van der Waals surface area contributed by atoms with Crippen LogP contribution in [0.3, 0.4) is 0 Å². The molecule has 1 heterocycles. The molecule has 1 amide bonds. The van der Waals surface area contributed by atoms with Crippen LogP contribution in [0.25, 0.3) is 11.4 Å². The molecule has 178 valence electrons. The predicted octanol–water partition coefficient (Wildman–Crippen LogP) is 3.15. The first-order valence-corrected chi connectivity index (χ1v) is 11.3. The van der Waals surface area contributed by atoms with Gasteiger partial charge in [0.1, 0.15) is 5.75 Å². The van der Waals surface area contributed by atoms with Crippen LogP contribution in [0.15, 0.2) is 52.7 Å². The van der Waals surface area contributed by atoms with Crippen LogP contribution in [0.4, 0.5) is 0 Å². The molecule has 0 bridgehead atoms. The van der Waals surface area contributed by atoms with E-state index in [-0.39, 0.29) is 11.7 Å². The summed E-state index contributed by atoms with van der Waals surface area (Å²) >= 11 is 1.27. The van der Waals surface area contributed by atoms with E-state index in [4.69, 9.17) is 14.2 Å². The second-order valence-corrected chi connectivity index (χ2v) is 7.81. The van der Waals surface area contributed by atoms with Crippen molar-refractivity contribution >= 4 is 29.9 Å². The van der Waals surface area contributed by atoms with Crippen LogP contribution in [-0.4, -0.2) is 52.8 Å². The first kappa shape index (κ1) is 24.8. The van der Waals surface area contributed by atoms with Crippen molar-refractivity contribution in [1.82, 2.24) is 20.2 Å². The van der Waals surface area contributed by atoms with Gasteiger partial charge < -0.3 is 18.8 Å². The number of thioether (sulfide) groups is 1. The molecule has 1 aromatic heterocycles. The lowest BCUT2D eigenvalue weighted by Gasteiger charge is -2.08. The van der Waals surface area contributed by atoms with Gasteiger partial charge in [-0.25, -0.2) is 5.43 Å². The summed E-state index contributed by atoms with van der Waals surface area (Å²) in [5.74, 6) is 1.55. The Labute approximate surface area is 201 Å². The maximum atomic E-state index is 12.3. The normalized spacial score (nSPS) is 10.8. The van der Waals surface area contributed by atoms with E-state index in [9.17, 15) is 9.59 Å². The third-order valence-electron chi connectivity index (χ3n) is 4.56. The second-order valence-electron chi connectivity index (χ2n) is 6.86. The molecular formula is C23H25N5O5S. The van der Waals surface area contributed by atoms with E-state index in [0.717, 1.165) is 17.1 Å². The summed E-state index contributed by atoms with van der Waals surface area (Å²) in [5.41, 5.74) is 4.06. The number of hydrogen-bond donors (Lipinski definition) is 1. The molecule has 0 aliphatic rings. The number of nitrogens with zero attached hydrogens (tertiary/aromatic N) is 4. The first-order chi connectivity index (χ1) is 16.4. The Morgan fingerprint density at radius 3 is 2.50 bits per heavy atom. The van der Waals surface area contributed by atoms with Gasteiger partial charge in [-0.1, -0.05) is 11.8 Å². The van der Waals surface area contributed by atoms with Crippen LogP contribution in [0.2, 0.25) is 0 Å². The van der Waals surface area contributed by atoms with Crippen LogP contribution in [0.1, 0.15) is 19.4 Å². The number of carbonyl (C=O) groups is 2. The average Bonchev–Trinajstić information content (AvgIpc) is 3.26. The highest BCUT2D eigenvalue weighted by Crippen LogP contribution is 2.28. The van der Waals surface area contributed by atoms with Gasteiger partial charge in [0.25, 0.3) is 5.91 Å². The molecule has 10 nitrogen and oxygen atoms in total. The summed E-state index contributed by atoms with van der Waals surface area (Å²) in [6, 6.07) is 12.5. The summed E-state index contributed by atoms with van der Waals surface area (Å²) in [6.07, 6.45) is 1.47. The molecule has 34 heavy (non-hydrogen) atoms. The zero-order chi connectivity index (χ0) is 24.5. The van der Waals surface area contributed by atoms with E-state index < -0.39 is 5.97 Å². The molecule has 0 aliphatic carbocycles.